The number of nitrogens with zero attached hydrogens (tertiary/aromatic N) is 3. The van der Waals surface area contributed by atoms with Gasteiger partial charge in [-0.1, -0.05) is 5.11 Å². The van der Waals surface area contributed by atoms with Crippen molar-refractivity contribution in [3.63, 3.8) is 0 Å². The molecule has 0 unspecified atom stereocenters. The second kappa shape index (κ2) is 9.76. The van der Waals surface area contributed by atoms with E-state index in [1.165, 1.54) is 0 Å². The average molecular weight is 405 g/mol. The lowest BCUT2D eigenvalue weighted by Gasteiger charge is -2.45. The molecule has 1 aliphatic carbocycles. The number of azide groups is 1. The molecule has 14 nitrogen and oxygen atoms in total. The molecule has 160 valence electrons. The summed E-state index contributed by atoms with van der Waals surface area (Å²) in [5.41, 5.74) is 25.7. The lowest BCUT2D eigenvalue weighted by Crippen LogP contribution is -2.67. The van der Waals surface area contributed by atoms with Crippen LogP contribution in [0.2, 0.25) is 0 Å². The molecule has 0 aromatic heterocycles. The van der Waals surface area contributed by atoms with Crippen molar-refractivity contribution in [2.24, 2.45) is 22.3 Å². The molecule has 10 atom stereocenters. The third kappa shape index (κ3) is 5.07. The number of nitrogens with one attached hydrogen (secondary N) is 1. The minimum absolute atomic E-state index is 0.176. The maximum absolute atomic E-state index is 11.5. The Morgan fingerprint density at radius 3 is 2.46 bits per heavy atom. The maximum Gasteiger partial charge on any atom is 0.225 e. The Labute approximate surface area is 160 Å². The van der Waals surface area contributed by atoms with E-state index in [0.29, 0.717) is 0 Å². The standard InChI is InChI=1S/C14H27N7O7/c15-4-1-5(16)13(12(26)9(4)23)28-14-8(17)11(25)10(24)6(27-14)2-19-7(22)3-20-21-18/h4-6,8-14,23-26H,1-3,15-17H2,(H,19,22)/t4-,5+,6-,8-,9+,10-,11-,12-,13-,14-/m1/s1. The molecule has 2 fully saturated rings. The predicted octanol–water partition coefficient (Wildman–Crippen LogP) is -4.65. The van der Waals surface area contributed by atoms with Crippen LogP contribution in [0, 0.1) is 0 Å². The van der Waals surface area contributed by atoms with Crippen molar-refractivity contribution < 1.29 is 34.7 Å². The molecular weight excluding hydrogens is 378 g/mol. The van der Waals surface area contributed by atoms with E-state index < -0.39 is 73.5 Å². The van der Waals surface area contributed by atoms with Crippen molar-refractivity contribution in [3.8, 4) is 0 Å². The van der Waals surface area contributed by atoms with Crippen LogP contribution in [0.5, 0.6) is 0 Å². The van der Waals surface area contributed by atoms with Crippen molar-refractivity contribution in [2.45, 2.75) is 67.5 Å². The SMILES string of the molecule is [N-]=[N+]=NCC(=O)NC[C@H]1O[C@H](O[C@H]2[C@H](O)[C@@H](O)[C@H](N)C[C@@H]2N)[C@H](N)[C@@H](O)[C@@H]1O. The first-order valence-corrected chi connectivity index (χ1v) is 8.74. The summed E-state index contributed by atoms with van der Waals surface area (Å²) in [6.07, 6.45) is -8.84. The highest BCUT2D eigenvalue weighted by atomic mass is 16.7. The molecule has 2 aliphatic rings. The van der Waals surface area contributed by atoms with E-state index in [9.17, 15) is 25.2 Å². The lowest BCUT2D eigenvalue weighted by molar-refractivity contribution is -0.288. The van der Waals surface area contributed by atoms with E-state index in [0.717, 1.165) is 0 Å². The fraction of sp³-hybridized carbons (Fsp3) is 0.929. The first kappa shape index (κ1) is 22.7. The summed E-state index contributed by atoms with van der Waals surface area (Å²) in [4.78, 5) is 14.0. The largest absolute Gasteiger partial charge is 0.389 e. The fourth-order valence-electron chi connectivity index (χ4n) is 3.23. The number of carbonyl (C=O) groups excluding carboxylic acids is 1. The highest BCUT2D eigenvalue weighted by Gasteiger charge is 2.48. The third-order valence-corrected chi connectivity index (χ3v) is 4.91. The van der Waals surface area contributed by atoms with Gasteiger partial charge < -0.3 is 52.4 Å². The number of nitrogens with two attached hydrogens (primary N) is 3. The summed E-state index contributed by atoms with van der Waals surface area (Å²) in [5.74, 6) is -0.614. The van der Waals surface area contributed by atoms with Crippen molar-refractivity contribution >= 4 is 5.91 Å². The Bertz CT molecular complexity index is 592. The van der Waals surface area contributed by atoms with Crippen molar-refractivity contribution in [2.75, 3.05) is 13.1 Å². The molecule has 28 heavy (non-hydrogen) atoms. The highest BCUT2D eigenvalue weighted by molar-refractivity contribution is 5.78. The number of ether oxygens (including phenoxy) is 2. The van der Waals surface area contributed by atoms with Crippen LogP contribution >= 0.6 is 0 Å². The van der Waals surface area contributed by atoms with E-state index in [1.807, 2.05) is 0 Å². The number of rotatable bonds is 6. The monoisotopic (exact) mass is 405 g/mol. The molecule has 0 radical (unpaired) electrons. The van der Waals surface area contributed by atoms with Crippen LogP contribution in [0.15, 0.2) is 5.11 Å². The van der Waals surface area contributed by atoms with E-state index in [4.69, 9.17) is 32.2 Å². The second-order valence-electron chi connectivity index (χ2n) is 6.94. The topological polar surface area (TPSA) is 255 Å². The summed E-state index contributed by atoms with van der Waals surface area (Å²) in [6, 6.07) is -2.63. The molecule has 1 saturated heterocycles. The van der Waals surface area contributed by atoms with Crippen LogP contribution in [-0.4, -0.2) is 100 Å². The molecule has 1 saturated carbocycles. The van der Waals surface area contributed by atoms with Gasteiger partial charge in [0.2, 0.25) is 5.91 Å². The summed E-state index contributed by atoms with van der Waals surface area (Å²) < 4.78 is 11.2. The minimum Gasteiger partial charge on any atom is -0.389 e. The molecule has 14 heteroatoms. The minimum atomic E-state index is -1.46. The normalized spacial score (nSPS) is 43.8. The first-order chi connectivity index (χ1) is 13.2. The van der Waals surface area contributed by atoms with Gasteiger partial charge >= 0.3 is 0 Å². The zero-order valence-electron chi connectivity index (χ0n) is 15.0. The molecule has 0 aromatic rings. The predicted molar refractivity (Wildman–Crippen MR) is 93.1 cm³/mol. The van der Waals surface area contributed by atoms with Crippen molar-refractivity contribution in [3.05, 3.63) is 10.4 Å². The molecule has 11 N–H and O–H groups in total. The zero-order chi connectivity index (χ0) is 21.0. The van der Waals surface area contributed by atoms with Gasteiger partial charge in [0.25, 0.3) is 0 Å². The van der Waals surface area contributed by atoms with Gasteiger partial charge in [-0.15, -0.1) is 0 Å². The number of carbonyl (C=O) groups is 1. The van der Waals surface area contributed by atoms with Crippen LogP contribution in [0.1, 0.15) is 6.42 Å². The van der Waals surface area contributed by atoms with E-state index in [2.05, 4.69) is 15.3 Å². The summed E-state index contributed by atoms with van der Waals surface area (Å²) >= 11 is 0. The molecule has 1 amide bonds. The zero-order valence-corrected chi connectivity index (χ0v) is 15.0. The maximum atomic E-state index is 11.5. The smallest absolute Gasteiger partial charge is 0.225 e. The molecule has 0 aromatic carbocycles. The number of aliphatic hydroxyl groups excluding tert-OH is 4. The van der Waals surface area contributed by atoms with Gasteiger partial charge in [0.1, 0.15) is 37.1 Å². The van der Waals surface area contributed by atoms with Crippen LogP contribution < -0.4 is 22.5 Å². The van der Waals surface area contributed by atoms with Crippen molar-refractivity contribution in [1.29, 1.82) is 0 Å². The van der Waals surface area contributed by atoms with Crippen LogP contribution in [0.3, 0.4) is 0 Å². The van der Waals surface area contributed by atoms with Gasteiger partial charge in [0, 0.05) is 23.5 Å². The van der Waals surface area contributed by atoms with Crippen LogP contribution in [0.4, 0.5) is 0 Å². The van der Waals surface area contributed by atoms with Crippen molar-refractivity contribution in [1.82, 2.24) is 5.32 Å². The quantitative estimate of drug-likeness (QED) is 0.119. The van der Waals surface area contributed by atoms with Crippen LogP contribution in [0.25, 0.3) is 10.4 Å². The second-order valence-corrected chi connectivity index (χ2v) is 6.94. The average Bonchev–Trinajstić information content (AvgIpc) is 2.66. The van der Waals surface area contributed by atoms with Gasteiger partial charge in [-0.3, -0.25) is 4.79 Å². The van der Waals surface area contributed by atoms with Gasteiger partial charge in [0.15, 0.2) is 6.29 Å². The molecule has 0 spiro atoms. The Balaban J connectivity index is 2.03. The highest BCUT2D eigenvalue weighted by Crippen LogP contribution is 2.27. The molecule has 1 heterocycles. The van der Waals surface area contributed by atoms with Crippen LogP contribution in [-0.2, 0) is 14.3 Å². The van der Waals surface area contributed by atoms with Gasteiger partial charge in [-0.05, 0) is 12.0 Å². The lowest BCUT2D eigenvalue weighted by atomic mass is 9.84. The van der Waals surface area contributed by atoms with E-state index >= 15 is 0 Å². The molecular formula is C14H27N7O7. The number of hydrogen-bond donors (Lipinski definition) is 8. The molecule has 2 rings (SSSR count). The van der Waals surface area contributed by atoms with E-state index in [1.54, 1.807) is 0 Å². The van der Waals surface area contributed by atoms with Gasteiger partial charge in [-0.25, -0.2) is 0 Å². The number of aliphatic hydroxyl groups is 4. The number of hydrogen-bond acceptors (Lipinski definition) is 11. The van der Waals surface area contributed by atoms with E-state index in [-0.39, 0.29) is 13.0 Å². The Kier molecular flexibility index (Phi) is 7.91. The number of amides is 1. The Hall–Kier alpha value is -1.58. The Morgan fingerprint density at radius 2 is 1.82 bits per heavy atom. The Morgan fingerprint density at radius 1 is 1.14 bits per heavy atom. The third-order valence-electron chi connectivity index (χ3n) is 4.91. The van der Waals surface area contributed by atoms with Gasteiger partial charge in [0.05, 0.1) is 12.1 Å². The molecule has 0 bridgehead atoms. The summed E-state index contributed by atoms with van der Waals surface area (Å²) in [5, 5.41) is 45.9. The molecule has 1 aliphatic heterocycles. The van der Waals surface area contributed by atoms with Gasteiger partial charge in [-0.2, -0.15) is 0 Å². The summed E-state index contributed by atoms with van der Waals surface area (Å²) in [6.45, 7) is -0.667. The summed E-state index contributed by atoms with van der Waals surface area (Å²) in [7, 11) is 0. The first-order valence-electron chi connectivity index (χ1n) is 8.74. The fourth-order valence-corrected chi connectivity index (χ4v) is 3.23.